The van der Waals surface area contributed by atoms with E-state index in [1.807, 2.05) is 16.0 Å². The van der Waals surface area contributed by atoms with Crippen LogP contribution in [-0.2, 0) is 9.53 Å². The standard InChI is InChI=1S/C16H23BrN4O2/c17-13-10-21-14(12-5-7-23-8-6-12)18-19-15(21)16(22)20(13)9-11-3-1-2-4-11/h10-12,15,19H,1-9H2. The largest absolute Gasteiger partial charge is 0.381 e. The number of ether oxygens (including phenoxy) is 1. The van der Waals surface area contributed by atoms with Crippen molar-refractivity contribution in [1.82, 2.24) is 15.2 Å². The smallest absolute Gasteiger partial charge is 0.272 e. The highest BCUT2D eigenvalue weighted by Gasteiger charge is 2.42. The Morgan fingerprint density at radius 3 is 2.74 bits per heavy atom. The summed E-state index contributed by atoms with van der Waals surface area (Å²) in [6, 6.07) is 0. The van der Waals surface area contributed by atoms with E-state index in [2.05, 4.69) is 26.5 Å². The number of hydrogen-bond donors (Lipinski definition) is 1. The number of carbonyl (C=O) groups is 1. The molecule has 3 heterocycles. The second-order valence-electron chi connectivity index (χ2n) is 6.85. The minimum Gasteiger partial charge on any atom is -0.381 e. The Morgan fingerprint density at radius 2 is 2.00 bits per heavy atom. The highest BCUT2D eigenvalue weighted by atomic mass is 79.9. The maximum absolute atomic E-state index is 12.9. The lowest BCUT2D eigenvalue weighted by molar-refractivity contribution is -0.134. The number of hydrogen-bond acceptors (Lipinski definition) is 5. The van der Waals surface area contributed by atoms with Crippen molar-refractivity contribution in [2.45, 2.75) is 44.7 Å². The summed E-state index contributed by atoms with van der Waals surface area (Å²) in [5, 5.41) is 4.48. The van der Waals surface area contributed by atoms with E-state index in [4.69, 9.17) is 4.74 Å². The normalized spacial score (nSPS) is 29.4. The van der Waals surface area contributed by atoms with Crippen LogP contribution in [0.2, 0.25) is 0 Å². The number of fused-ring (bicyclic) bond motifs is 1. The molecule has 1 unspecified atom stereocenters. The molecule has 3 aliphatic heterocycles. The van der Waals surface area contributed by atoms with Crippen molar-refractivity contribution in [2.75, 3.05) is 19.8 Å². The minimum atomic E-state index is -0.379. The number of halogens is 1. The molecule has 1 atom stereocenters. The molecule has 126 valence electrons. The predicted octanol–water partition coefficient (Wildman–Crippen LogP) is 2.18. The van der Waals surface area contributed by atoms with Crippen molar-refractivity contribution in [3.8, 4) is 0 Å². The van der Waals surface area contributed by atoms with Gasteiger partial charge in [-0.3, -0.25) is 10.2 Å². The van der Waals surface area contributed by atoms with Gasteiger partial charge in [-0.2, -0.15) is 5.10 Å². The Balaban J connectivity index is 1.50. The molecule has 1 amide bonds. The lowest BCUT2D eigenvalue weighted by Crippen LogP contribution is -2.55. The zero-order chi connectivity index (χ0) is 15.8. The average Bonchev–Trinajstić information content (AvgIpc) is 3.22. The van der Waals surface area contributed by atoms with Gasteiger partial charge in [0.25, 0.3) is 5.91 Å². The first kappa shape index (κ1) is 15.4. The van der Waals surface area contributed by atoms with Gasteiger partial charge >= 0.3 is 0 Å². The number of nitrogens with zero attached hydrogens (tertiary/aromatic N) is 3. The lowest BCUT2D eigenvalue weighted by atomic mass is 9.98. The molecule has 1 N–H and O–H groups in total. The minimum absolute atomic E-state index is 0.0945. The molecule has 0 bridgehead atoms. The van der Waals surface area contributed by atoms with Crippen LogP contribution in [0.5, 0.6) is 0 Å². The van der Waals surface area contributed by atoms with Crippen molar-refractivity contribution in [3.63, 3.8) is 0 Å². The van der Waals surface area contributed by atoms with Gasteiger partial charge in [0.05, 0.1) is 0 Å². The fraction of sp³-hybridized carbons (Fsp3) is 0.750. The third-order valence-electron chi connectivity index (χ3n) is 5.35. The van der Waals surface area contributed by atoms with Crippen LogP contribution in [0.3, 0.4) is 0 Å². The molecule has 1 aliphatic carbocycles. The lowest BCUT2D eigenvalue weighted by Gasteiger charge is -2.37. The number of amidine groups is 1. The summed E-state index contributed by atoms with van der Waals surface area (Å²) in [6.45, 7) is 2.36. The van der Waals surface area contributed by atoms with Gasteiger partial charge in [0.1, 0.15) is 10.4 Å². The van der Waals surface area contributed by atoms with E-state index in [0.717, 1.165) is 43.0 Å². The summed E-state index contributed by atoms with van der Waals surface area (Å²) in [5.74, 6) is 2.07. The van der Waals surface area contributed by atoms with E-state index < -0.39 is 0 Å². The van der Waals surface area contributed by atoms with Crippen molar-refractivity contribution in [3.05, 3.63) is 10.8 Å². The van der Waals surface area contributed by atoms with Gasteiger partial charge in [0, 0.05) is 31.9 Å². The molecule has 0 radical (unpaired) electrons. The fourth-order valence-electron chi connectivity index (χ4n) is 4.02. The van der Waals surface area contributed by atoms with Gasteiger partial charge in [0.15, 0.2) is 0 Å². The van der Waals surface area contributed by atoms with Crippen LogP contribution in [0, 0.1) is 11.8 Å². The molecule has 1 saturated carbocycles. The SMILES string of the molecule is O=C1C2NN=C(C3CCOCC3)N2C=C(Br)N1CC1CCCC1. The number of hydrazone groups is 1. The average molecular weight is 383 g/mol. The van der Waals surface area contributed by atoms with E-state index in [1.165, 1.54) is 25.7 Å². The highest BCUT2D eigenvalue weighted by Crippen LogP contribution is 2.32. The van der Waals surface area contributed by atoms with Gasteiger partial charge < -0.3 is 14.5 Å². The first-order chi connectivity index (χ1) is 11.2. The van der Waals surface area contributed by atoms with Gasteiger partial charge in [-0.05, 0) is 47.5 Å². The van der Waals surface area contributed by atoms with Crippen molar-refractivity contribution in [1.29, 1.82) is 0 Å². The molecule has 0 aromatic rings. The van der Waals surface area contributed by atoms with E-state index in [-0.39, 0.29) is 12.1 Å². The van der Waals surface area contributed by atoms with Crippen LogP contribution in [0.4, 0.5) is 0 Å². The zero-order valence-electron chi connectivity index (χ0n) is 13.2. The fourth-order valence-corrected chi connectivity index (χ4v) is 4.56. The Labute approximate surface area is 145 Å². The van der Waals surface area contributed by atoms with Crippen LogP contribution in [0.1, 0.15) is 38.5 Å². The molecule has 4 rings (SSSR count). The Kier molecular flexibility index (Phi) is 4.32. The maximum atomic E-state index is 12.9. The zero-order valence-corrected chi connectivity index (χ0v) is 14.8. The van der Waals surface area contributed by atoms with E-state index in [9.17, 15) is 4.79 Å². The summed E-state index contributed by atoms with van der Waals surface area (Å²) in [6.07, 6.45) is 8.62. The second kappa shape index (κ2) is 6.43. The van der Waals surface area contributed by atoms with Crippen LogP contribution in [0.25, 0.3) is 0 Å². The number of carbonyl (C=O) groups excluding carboxylic acids is 1. The molecule has 1 saturated heterocycles. The van der Waals surface area contributed by atoms with E-state index >= 15 is 0 Å². The molecule has 6 nitrogen and oxygen atoms in total. The number of amides is 1. The van der Waals surface area contributed by atoms with Crippen LogP contribution >= 0.6 is 15.9 Å². The van der Waals surface area contributed by atoms with Crippen molar-refractivity contribution in [2.24, 2.45) is 16.9 Å². The molecule has 23 heavy (non-hydrogen) atoms. The van der Waals surface area contributed by atoms with Crippen molar-refractivity contribution >= 4 is 27.7 Å². The van der Waals surface area contributed by atoms with Crippen LogP contribution in [0.15, 0.2) is 15.9 Å². The molecule has 2 fully saturated rings. The number of nitrogens with one attached hydrogen (secondary N) is 1. The molecule has 4 aliphatic rings. The highest BCUT2D eigenvalue weighted by molar-refractivity contribution is 9.11. The Hall–Kier alpha value is -1.08. The molecule has 7 heteroatoms. The predicted molar refractivity (Wildman–Crippen MR) is 90.4 cm³/mol. The van der Waals surface area contributed by atoms with Crippen LogP contribution in [-0.4, -0.2) is 47.5 Å². The molecule has 0 aromatic carbocycles. The first-order valence-electron chi connectivity index (χ1n) is 8.62. The number of rotatable bonds is 3. The molecular weight excluding hydrogens is 360 g/mol. The third-order valence-corrected chi connectivity index (χ3v) is 5.98. The van der Waals surface area contributed by atoms with Crippen LogP contribution < -0.4 is 5.43 Å². The third kappa shape index (κ3) is 2.89. The van der Waals surface area contributed by atoms with Gasteiger partial charge in [-0.15, -0.1) is 0 Å². The summed E-state index contributed by atoms with van der Waals surface area (Å²) in [5.41, 5.74) is 3.05. The molecule has 0 aromatic heterocycles. The monoisotopic (exact) mass is 382 g/mol. The quantitative estimate of drug-likeness (QED) is 0.760. The topological polar surface area (TPSA) is 57.2 Å². The van der Waals surface area contributed by atoms with Gasteiger partial charge in [-0.1, -0.05) is 12.8 Å². The van der Waals surface area contributed by atoms with E-state index in [0.29, 0.717) is 11.8 Å². The Bertz CT molecular complexity index is 538. The Morgan fingerprint density at radius 1 is 1.26 bits per heavy atom. The summed E-state index contributed by atoms with van der Waals surface area (Å²) in [7, 11) is 0. The maximum Gasteiger partial charge on any atom is 0.272 e. The summed E-state index contributed by atoms with van der Waals surface area (Å²) < 4.78 is 6.29. The van der Waals surface area contributed by atoms with Gasteiger partial charge in [-0.25, -0.2) is 0 Å². The molecular formula is C16H23BrN4O2. The van der Waals surface area contributed by atoms with Crippen molar-refractivity contribution < 1.29 is 9.53 Å². The first-order valence-corrected chi connectivity index (χ1v) is 9.41. The molecule has 0 spiro atoms. The van der Waals surface area contributed by atoms with Gasteiger partial charge in [0.2, 0.25) is 6.17 Å². The summed E-state index contributed by atoms with van der Waals surface area (Å²) >= 11 is 3.61. The summed E-state index contributed by atoms with van der Waals surface area (Å²) in [4.78, 5) is 16.8. The van der Waals surface area contributed by atoms with E-state index in [1.54, 1.807) is 0 Å². The second-order valence-corrected chi connectivity index (χ2v) is 7.66.